The molecule has 162 valence electrons. The van der Waals surface area contributed by atoms with Crippen LogP contribution in [0.3, 0.4) is 0 Å². The highest BCUT2D eigenvalue weighted by molar-refractivity contribution is 5.69. The number of phenolic OH excluding ortho intramolecular Hbond substituents is 1. The van der Waals surface area contributed by atoms with E-state index in [1.54, 1.807) is 19.1 Å². The zero-order valence-electron chi connectivity index (χ0n) is 18.2. The van der Waals surface area contributed by atoms with E-state index >= 15 is 0 Å². The molecule has 0 fully saturated rings. The van der Waals surface area contributed by atoms with Gasteiger partial charge in [-0.05, 0) is 42.2 Å². The fraction of sp³-hybridized carbons (Fsp3) is 0.222. The van der Waals surface area contributed by atoms with Gasteiger partial charge in [0.1, 0.15) is 5.75 Å². The second-order valence-corrected chi connectivity index (χ2v) is 7.64. The average Bonchev–Trinajstić information content (AvgIpc) is 2.76. The van der Waals surface area contributed by atoms with E-state index in [-0.39, 0.29) is 5.75 Å². The number of carboxylic acids is 1. The molecule has 0 aliphatic rings. The molecule has 0 heterocycles. The van der Waals surface area contributed by atoms with Crippen molar-refractivity contribution in [3.8, 4) is 5.75 Å². The van der Waals surface area contributed by atoms with Gasteiger partial charge < -0.3 is 15.5 Å². The normalized spacial score (nSPS) is 13.4. The van der Waals surface area contributed by atoms with Crippen molar-refractivity contribution in [2.45, 2.75) is 20.3 Å². The Morgan fingerprint density at radius 1 is 1.13 bits per heavy atom. The maximum absolute atomic E-state index is 10.9. The first-order valence-electron chi connectivity index (χ1n) is 10.4. The van der Waals surface area contributed by atoms with Gasteiger partial charge in [-0.15, -0.1) is 0 Å². The van der Waals surface area contributed by atoms with Gasteiger partial charge in [-0.1, -0.05) is 85.9 Å². The Balaban J connectivity index is 2.03. The van der Waals surface area contributed by atoms with Crippen LogP contribution in [0, 0.1) is 5.92 Å². The van der Waals surface area contributed by atoms with Gasteiger partial charge in [-0.25, -0.2) is 0 Å². The maximum Gasteiger partial charge on any atom is 0.307 e. The molecule has 3 N–H and O–H groups in total. The van der Waals surface area contributed by atoms with Crippen molar-refractivity contribution in [2.24, 2.45) is 5.92 Å². The second-order valence-electron chi connectivity index (χ2n) is 7.64. The van der Waals surface area contributed by atoms with Gasteiger partial charge in [-0.2, -0.15) is 0 Å². The molecule has 2 aromatic rings. The van der Waals surface area contributed by atoms with Crippen molar-refractivity contribution in [3.63, 3.8) is 0 Å². The van der Waals surface area contributed by atoms with Crippen LogP contribution in [-0.2, 0) is 11.2 Å². The lowest BCUT2D eigenvalue weighted by molar-refractivity contribution is -0.140. The summed E-state index contributed by atoms with van der Waals surface area (Å²) in [6.45, 7) is 8.57. The van der Waals surface area contributed by atoms with Crippen molar-refractivity contribution in [3.05, 3.63) is 107 Å². The number of phenols is 1. The molecule has 0 radical (unpaired) electrons. The summed E-state index contributed by atoms with van der Waals surface area (Å²) < 4.78 is 0. The first-order valence-corrected chi connectivity index (χ1v) is 10.4. The van der Waals surface area contributed by atoms with Gasteiger partial charge in [0.2, 0.25) is 0 Å². The molecule has 2 aromatic carbocycles. The van der Waals surface area contributed by atoms with Gasteiger partial charge in [-0.3, -0.25) is 4.79 Å². The molecule has 0 aliphatic heterocycles. The van der Waals surface area contributed by atoms with E-state index in [9.17, 15) is 9.90 Å². The number of carbonyl (C=O) groups is 1. The lowest BCUT2D eigenvalue weighted by atomic mass is 10.0. The highest BCUT2D eigenvalue weighted by Crippen LogP contribution is 2.22. The number of allylic oxidation sites excluding steroid dienone is 5. The predicted octanol–water partition coefficient (Wildman–Crippen LogP) is 5.37. The molecule has 2 rings (SSSR count). The topological polar surface area (TPSA) is 69.6 Å². The molecular weight excluding hydrogens is 386 g/mol. The minimum atomic E-state index is -0.802. The molecule has 1 unspecified atom stereocenters. The zero-order chi connectivity index (χ0) is 22.6. The highest BCUT2D eigenvalue weighted by atomic mass is 16.4. The molecule has 0 aliphatic carbocycles. The molecule has 0 saturated carbocycles. The maximum atomic E-state index is 10.9. The summed E-state index contributed by atoms with van der Waals surface area (Å²) >= 11 is 0. The van der Waals surface area contributed by atoms with E-state index in [0.29, 0.717) is 13.1 Å². The second kappa shape index (κ2) is 12.4. The predicted molar refractivity (Wildman–Crippen MR) is 128 cm³/mol. The third-order valence-electron chi connectivity index (χ3n) is 4.87. The molecule has 0 bridgehead atoms. The fourth-order valence-electron chi connectivity index (χ4n) is 2.93. The largest absolute Gasteiger partial charge is 0.507 e. The van der Waals surface area contributed by atoms with Crippen LogP contribution >= 0.6 is 0 Å². The third-order valence-corrected chi connectivity index (χ3v) is 4.87. The van der Waals surface area contributed by atoms with Gasteiger partial charge in [0.05, 0.1) is 5.92 Å². The Morgan fingerprint density at radius 3 is 2.55 bits per heavy atom. The van der Waals surface area contributed by atoms with Gasteiger partial charge in [0.15, 0.2) is 0 Å². The van der Waals surface area contributed by atoms with Crippen molar-refractivity contribution in [2.75, 3.05) is 13.1 Å². The van der Waals surface area contributed by atoms with Crippen LogP contribution in [0.2, 0.25) is 0 Å². The summed E-state index contributed by atoms with van der Waals surface area (Å²) in [5.74, 6) is -0.982. The van der Waals surface area contributed by atoms with E-state index in [4.69, 9.17) is 5.11 Å². The first-order chi connectivity index (χ1) is 14.9. The van der Waals surface area contributed by atoms with Crippen LogP contribution in [0.15, 0.2) is 90.6 Å². The Morgan fingerprint density at radius 2 is 1.87 bits per heavy atom. The van der Waals surface area contributed by atoms with Crippen molar-refractivity contribution < 1.29 is 15.0 Å². The van der Waals surface area contributed by atoms with Crippen LogP contribution in [0.5, 0.6) is 5.75 Å². The number of benzene rings is 2. The van der Waals surface area contributed by atoms with Gasteiger partial charge in [0.25, 0.3) is 0 Å². The number of aliphatic carboxylic acids is 1. The van der Waals surface area contributed by atoms with Crippen LogP contribution in [0.25, 0.3) is 6.08 Å². The molecule has 4 nitrogen and oxygen atoms in total. The summed E-state index contributed by atoms with van der Waals surface area (Å²) in [6.07, 6.45) is 10.3. The van der Waals surface area contributed by atoms with E-state index in [1.165, 1.54) is 5.56 Å². The number of hydrogen-bond donors (Lipinski definition) is 3. The number of aromatic hydroxyl groups is 1. The summed E-state index contributed by atoms with van der Waals surface area (Å²) in [5, 5.41) is 22.3. The summed E-state index contributed by atoms with van der Waals surface area (Å²) in [4.78, 5) is 10.9. The molecule has 31 heavy (non-hydrogen) atoms. The van der Waals surface area contributed by atoms with E-state index in [0.717, 1.165) is 28.7 Å². The van der Waals surface area contributed by atoms with E-state index < -0.39 is 11.9 Å². The molecular formula is C27H31NO3. The minimum Gasteiger partial charge on any atom is -0.507 e. The molecule has 0 spiro atoms. The standard InChI is InChI=1S/C27H31NO3/c1-4-22(11-10-20(2)18-28-19-21(3)27(30)31)12-14-25-17-24(13-15-26(25)29)16-23-8-6-5-7-9-23/h4-15,17,21,28-29H,1,16,18-19H2,2-3H3,(H,30,31)/b14-12+,20-10+,22-11+. The molecule has 0 amide bonds. The first kappa shape index (κ1) is 23.9. The fourth-order valence-corrected chi connectivity index (χ4v) is 2.93. The molecule has 0 aromatic heterocycles. The highest BCUT2D eigenvalue weighted by Gasteiger charge is 2.09. The van der Waals surface area contributed by atoms with E-state index in [2.05, 4.69) is 24.0 Å². The molecule has 0 saturated heterocycles. The lowest BCUT2D eigenvalue weighted by Gasteiger charge is -2.08. The number of carboxylic acid groups (broad SMARTS) is 1. The monoisotopic (exact) mass is 417 g/mol. The van der Waals surface area contributed by atoms with Crippen LogP contribution in [0.1, 0.15) is 30.5 Å². The average molecular weight is 418 g/mol. The van der Waals surface area contributed by atoms with Crippen molar-refractivity contribution >= 4 is 12.0 Å². The Bertz CT molecular complexity index is 971. The minimum absolute atomic E-state index is 0.236. The lowest BCUT2D eigenvalue weighted by Crippen LogP contribution is -2.27. The quantitative estimate of drug-likeness (QED) is 0.430. The van der Waals surface area contributed by atoms with Crippen LogP contribution in [0.4, 0.5) is 0 Å². The number of rotatable bonds is 11. The Kier molecular flexibility index (Phi) is 9.53. The van der Waals surface area contributed by atoms with Crippen LogP contribution < -0.4 is 5.32 Å². The smallest absolute Gasteiger partial charge is 0.307 e. The SMILES string of the molecule is C=CC(/C=C/c1cc(Cc2ccccc2)ccc1O)=C\C=C(/C)CNCC(C)C(=O)O. The summed E-state index contributed by atoms with van der Waals surface area (Å²) in [5.41, 5.74) is 5.10. The summed E-state index contributed by atoms with van der Waals surface area (Å²) in [7, 11) is 0. The number of nitrogens with one attached hydrogen (secondary N) is 1. The Labute approximate surface area is 185 Å². The van der Waals surface area contributed by atoms with Crippen molar-refractivity contribution in [1.29, 1.82) is 0 Å². The van der Waals surface area contributed by atoms with Gasteiger partial charge >= 0.3 is 5.97 Å². The van der Waals surface area contributed by atoms with Crippen molar-refractivity contribution in [1.82, 2.24) is 5.32 Å². The van der Waals surface area contributed by atoms with Gasteiger partial charge in [0, 0.05) is 18.7 Å². The van der Waals surface area contributed by atoms with E-state index in [1.807, 2.05) is 61.6 Å². The summed E-state index contributed by atoms with van der Waals surface area (Å²) in [6, 6.07) is 15.9. The van der Waals surface area contributed by atoms with Crippen LogP contribution in [-0.4, -0.2) is 29.3 Å². The third kappa shape index (κ3) is 8.49. The zero-order valence-corrected chi connectivity index (χ0v) is 18.2. The molecule has 1 atom stereocenters. The number of hydrogen-bond acceptors (Lipinski definition) is 3. The Hall–Kier alpha value is -3.37. The molecule has 4 heteroatoms.